The van der Waals surface area contributed by atoms with E-state index >= 15 is 0 Å². The van der Waals surface area contributed by atoms with Crippen LogP contribution in [0, 0.1) is 0 Å². The number of hydrogen-bond acceptors (Lipinski definition) is 3. The number of rotatable bonds is 2. The summed E-state index contributed by atoms with van der Waals surface area (Å²) in [6.07, 6.45) is 0. The van der Waals surface area contributed by atoms with Crippen molar-refractivity contribution in [2.24, 2.45) is 0 Å². The van der Waals surface area contributed by atoms with Crippen LogP contribution >= 0.6 is 0 Å². The zero-order valence-corrected chi connectivity index (χ0v) is 5.46. The predicted octanol–water partition coefficient (Wildman–Crippen LogP) is -1.48. The van der Waals surface area contributed by atoms with E-state index in [1.165, 1.54) is 13.8 Å². The van der Waals surface area contributed by atoms with Crippen LogP contribution < -0.4 is 5.32 Å². The van der Waals surface area contributed by atoms with Crippen molar-refractivity contribution < 1.29 is 14.8 Å². The number of carbonyl (C=O) groups excluding carboxylic acids is 1. The Balaban J connectivity index is 3.50. The van der Waals surface area contributed by atoms with Gasteiger partial charge < -0.3 is 15.4 Å². The van der Waals surface area contributed by atoms with E-state index in [9.17, 15) is 4.79 Å². The lowest BCUT2D eigenvalue weighted by Gasteiger charge is -2.09. The molecule has 0 aromatic carbocycles. The van der Waals surface area contributed by atoms with Crippen LogP contribution in [-0.2, 0) is 4.79 Å². The Morgan fingerprint density at radius 3 is 2.22 bits per heavy atom. The minimum absolute atomic E-state index is 0.268. The van der Waals surface area contributed by atoms with Gasteiger partial charge in [-0.3, -0.25) is 4.79 Å². The summed E-state index contributed by atoms with van der Waals surface area (Å²) in [5, 5.41) is 19.1. The van der Waals surface area contributed by atoms with E-state index in [4.69, 9.17) is 10.0 Å². The van der Waals surface area contributed by atoms with Crippen LogP contribution in [0.25, 0.3) is 0 Å². The maximum absolute atomic E-state index is 10.2. The fraction of sp³-hybridized carbons (Fsp3) is 0.750. The summed E-state index contributed by atoms with van der Waals surface area (Å²) in [6.45, 7) is 2.82. The van der Waals surface area contributed by atoms with Gasteiger partial charge in [0.1, 0.15) is 0 Å². The van der Waals surface area contributed by atoms with Gasteiger partial charge in [0.05, 0.1) is 5.94 Å². The fourth-order valence-corrected chi connectivity index (χ4v) is 0.395. The van der Waals surface area contributed by atoms with Gasteiger partial charge in [-0.05, 0) is 6.92 Å². The Labute approximate surface area is 54.0 Å². The fourth-order valence-electron chi connectivity index (χ4n) is 0.395. The molecule has 0 rings (SSSR count). The first-order valence-corrected chi connectivity index (χ1v) is 2.67. The number of nitrogens with one attached hydrogen (secondary N) is 1. The molecule has 0 aliphatic heterocycles. The van der Waals surface area contributed by atoms with Crippen molar-refractivity contribution in [3.63, 3.8) is 0 Å². The lowest BCUT2D eigenvalue weighted by Crippen LogP contribution is -2.43. The number of amides is 1. The Hall–Kier alpha value is -0.545. The normalized spacial score (nSPS) is 12.4. The molecule has 0 aromatic rings. The van der Waals surface area contributed by atoms with E-state index in [1.807, 2.05) is 0 Å². The van der Waals surface area contributed by atoms with Crippen LogP contribution in [-0.4, -0.2) is 29.0 Å². The standard InChI is InChI=1S/C4H10BNO3/c1-3(5(8)9)6-4(2)7/h3,8-9H,1-2H3,(H,6,7). The number of carbonyl (C=O) groups is 1. The SMILES string of the molecule is CC(=O)NC(C)B(O)O. The van der Waals surface area contributed by atoms with Crippen molar-refractivity contribution in [1.29, 1.82) is 0 Å². The maximum Gasteiger partial charge on any atom is 0.475 e. The molecule has 52 valence electrons. The summed E-state index contributed by atoms with van der Waals surface area (Å²) in [5.74, 6) is -0.863. The van der Waals surface area contributed by atoms with Crippen molar-refractivity contribution in [2.45, 2.75) is 19.8 Å². The van der Waals surface area contributed by atoms with Gasteiger partial charge in [0.2, 0.25) is 5.91 Å². The molecule has 0 aliphatic rings. The molecular weight excluding hydrogens is 121 g/mol. The first-order valence-electron chi connectivity index (χ1n) is 2.67. The van der Waals surface area contributed by atoms with E-state index in [0.29, 0.717) is 0 Å². The molecule has 0 fully saturated rings. The summed E-state index contributed by atoms with van der Waals surface area (Å²) in [4.78, 5) is 10.2. The summed E-state index contributed by atoms with van der Waals surface area (Å²) in [6, 6.07) is 0. The quantitative estimate of drug-likeness (QED) is 0.400. The molecule has 9 heavy (non-hydrogen) atoms. The molecule has 0 heterocycles. The Morgan fingerprint density at radius 1 is 1.67 bits per heavy atom. The molecule has 1 amide bonds. The molecular formula is C4H10BNO3. The largest absolute Gasteiger partial charge is 0.475 e. The predicted molar refractivity (Wildman–Crippen MR) is 33.5 cm³/mol. The third-order valence-corrected chi connectivity index (χ3v) is 0.878. The van der Waals surface area contributed by atoms with E-state index in [1.54, 1.807) is 0 Å². The molecule has 3 N–H and O–H groups in total. The molecule has 1 unspecified atom stereocenters. The third kappa shape index (κ3) is 3.99. The highest BCUT2D eigenvalue weighted by Crippen LogP contribution is 1.81. The molecule has 5 heteroatoms. The lowest BCUT2D eigenvalue weighted by atomic mass is 9.81. The molecule has 0 bridgehead atoms. The molecule has 0 saturated heterocycles. The van der Waals surface area contributed by atoms with Crippen molar-refractivity contribution in [3.05, 3.63) is 0 Å². The average molecular weight is 131 g/mol. The van der Waals surface area contributed by atoms with Crippen LogP contribution in [0.15, 0.2) is 0 Å². The van der Waals surface area contributed by atoms with Crippen molar-refractivity contribution in [2.75, 3.05) is 0 Å². The first-order chi connectivity index (χ1) is 4.04. The van der Waals surface area contributed by atoms with Gasteiger partial charge in [-0.2, -0.15) is 0 Å². The molecule has 0 spiro atoms. The molecule has 0 aromatic heterocycles. The van der Waals surface area contributed by atoms with Crippen LogP contribution in [0.2, 0.25) is 0 Å². The van der Waals surface area contributed by atoms with Gasteiger partial charge in [0.25, 0.3) is 0 Å². The van der Waals surface area contributed by atoms with Gasteiger partial charge in [0, 0.05) is 6.92 Å². The summed E-state index contributed by atoms with van der Waals surface area (Å²) >= 11 is 0. The summed E-state index contributed by atoms with van der Waals surface area (Å²) in [7, 11) is -1.48. The van der Waals surface area contributed by atoms with Crippen LogP contribution in [0.1, 0.15) is 13.8 Å². The Morgan fingerprint density at radius 2 is 2.11 bits per heavy atom. The minimum atomic E-state index is -1.48. The third-order valence-electron chi connectivity index (χ3n) is 0.878. The molecule has 0 saturated carbocycles. The van der Waals surface area contributed by atoms with E-state index in [-0.39, 0.29) is 5.91 Å². The molecule has 0 aliphatic carbocycles. The smallest absolute Gasteiger partial charge is 0.426 e. The molecule has 4 nitrogen and oxygen atoms in total. The Bertz CT molecular complexity index is 106. The summed E-state index contributed by atoms with van der Waals surface area (Å²) < 4.78 is 0. The maximum atomic E-state index is 10.2. The van der Waals surface area contributed by atoms with Gasteiger partial charge in [-0.1, -0.05) is 0 Å². The van der Waals surface area contributed by atoms with Crippen molar-refractivity contribution >= 4 is 13.0 Å². The van der Waals surface area contributed by atoms with Gasteiger partial charge in [-0.25, -0.2) is 0 Å². The lowest BCUT2D eigenvalue weighted by molar-refractivity contribution is -0.119. The van der Waals surface area contributed by atoms with Gasteiger partial charge in [-0.15, -0.1) is 0 Å². The zero-order valence-electron chi connectivity index (χ0n) is 5.46. The highest BCUT2D eigenvalue weighted by molar-refractivity contribution is 6.43. The van der Waals surface area contributed by atoms with Crippen LogP contribution in [0.5, 0.6) is 0 Å². The summed E-state index contributed by atoms with van der Waals surface area (Å²) in [5.41, 5.74) is 0. The van der Waals surface area contributed by atoms with Crippen molar-refractivity contribution in [3.8, 4) is 0 Å². The topological polar surface area (TPSA) is 69.6 Å². The monoisotopic (exact) mass is 131 g/mol. The van der Waals surface area contributed by atoms with Gasteiger partial charge in [0.15, 0.2) is 0 Å². The second kappa shape index (κ2) is 3.47. The van der Waals surface area contributed by atoms with Crippen LogP contribution in [0.4, 0.5) is 0 Å². The second-order valence-corrected chi connectivity index (χ2v) is 1.90. The van der Waals surface area contributed by atoms with E-state index in [0.717, 1.165) is 0 Å². The average Bonchev–Trinajstić information content (AvgIpc) is 1.63. The Kier molecular flexibility index (Phi) is 3.26. The zero-order chi connectivity index (χ0) is 7.44. The highest BCUT2D eigenvalue weighted by Gasteiger charge is 2.17. The van der Waals surface area contributed by atoms with Gasteiger partial charge >= 0.3 is 7.12 Å². The minimum Gasteiger partial charge on any atom is -0.426 e. The molecule has 0 radical (unpaired) electrons. The first kappa shape index (κ1) is 8.45. The van der Waals surface area contributed by atoms with Crippen LogP contribution in [0.3, 0.4) is 0 Å². The second-order valence-electron chi connectivity index (χ2n) is 1.90. The highest BCUT2D eigenvalue weighted by atomic mass is 16.4. The molecule has 1 atom stereocenters. The van der Waals surface area contributed by atoms with Crippen molar-refractivity contribution in [1.82, 2.24) is 5.32 Å². The van der Waals surface area contributed by atoms with E-state index < -0.39 is 13.1 Å². The van der Waals surface area contributed by atoms with E-state index in [2.05, 4.69) is 5.32 Å². The number of hydrogen-bond donors (Lipinski definition) is 3.